The van der Waals surface area contributed by atoms with E-state index in [4.69, 9.17) is 4.74 Å². The van der Waals surface area contributed by atoms with E-state index in [1.165, 1.54) is 12.1 Å². The van der Waals surface area contributed by atoms with E-state index in [2.05, 4.69) is 10.1 Å². The van der Waals surface area contributed by atoms with Gasteiger partial charge in [-0.05, 0) is 45.0 Å². The van der Waals surface area contributed by atoms with Crippen molar-refractivity contribution in [3.05, 3.63) is 46.3 Å². The summed E-state index contributed by atoms with van der Waals surface area (Å²) in [4.78, 5) is 28.9. The summed E-state index contributed by atoms with van der Waals surface area (Å²) in [5.41, 5.74) is 1.69. The predicted molar refractivity (Wildman–Crippen MR) is 98.9 cm³/mol. The molecule has 0 saturated heterocycles. The van der Waals surface area contributed by atoms with Crippen LogP contribution >= 0.6 is 11.3 Å². The molecule has 9 heteroatoms. The van der Waals surface area contributed by atoms with Gasteiger partial charge in [-0.2, -0.15) is 10.1 Å². The minimum absolute atomic E-state index is 0.117. The minimum atomic E-state index is -0.519. The number of hydrogen-bond donors (Lipinski definition) is 0. The van der Waals surface area contributed by atoms with Crippen molar-refractivity contribution in [2.45, 2.75) is 33.9 Å². The van der Waals surface area contributed by atoms with Crippen LogP contribution in [-0.4, -0.2) is 32.8 Å². The van der Waals surface area contributed by atoms with Crippen molar-refractivity contribution in [1.82, 2.24) is 14.3 Å². The van der Waals surface area contributed by atoms with Gasteiger partial charge >= 0.3 is 5.97 Å². The summed E-state index contributed by atoms with van der Waals surface area (Å²) in [7, 11) is 0. The zero-order valence-corrected chi connectivity index (χ0v) is 16.0. The quantitative estimate of drug-likeness (QED) is 0.628. The van der Waals surface area contributed by atoms with E-state index in [1.54, 1.807) is 28.3 Å². The molecule has 2 heterocycles. The topological polar surface area (TPSA) is 78.5 Å². The smallest absolute Gasteiger partial charge is 0.326 e. The van der Waals surface area contributed by atoms with Gasteiger partial charge in [-0.3, -0.25) is 14.3 Å². The number of hydrogen-bond acceptors (Lipinski definition) is 5. The Bertz CT molecular complexity index is 1080. The highest BCUT2D eigenvalue weighted by atomic mass is 32.1. The number of aromatic nitrogens is 3. The van der Waals surface area contributed by atoms with E-state index in [1.807, 2.05) is 13.8 Å². The van der Waals surface area contributed by atoms with Crippen LogP contribution in [-0.2, 0) is 22.6 Å². The Kier molecular flexibility index (Phi) is 5.50. The van der Waals surface area contributed by atoms with Crippen molar-refractivity contribution < 1.29 is 18.7 Å². The molecule has 0 saturated carbocycles. The van der Waals surface area contributed by atoms with E-state index in [-0.39, 0.29) is 23.6 Å². The van der Waals surface area contributed by atoms with Crippen LogP contribution < -0.4 is 4.80 Å². The molecule has 1 aromatic carbocycles. The zero-order chi connectivity index (χ0) is 19.6. The number of carbonyl (C=O) groups is 2. The van der Waals surface area contributed by atoms with Crippen LogP contribution in [0.2, 0.25) is 0 Å². The van der Waals surface area contributed by atoms with E-state index in [0.29, 0.717) is 16.8 Å². The molecule has 0 atom stereocenters. The number of fused-ring (bicyclic) bond motifs is 1. The highest BCUT2D eigenvalue weighted by Gasteiger charge is 2.15. The molecule has 3 rings (SSSR count). The van der Waals surface area contributed by atoms with Crippen LogP contribution in [0.25, 0.3) is 10.2 Å². The van der Waals surface area contributed by atoms with Crippen molar-refractivity contribution in [2.24, 2.45) is 4.99 Å². The molecule has 0 spiro atoms. The zero-order valence-electron chi connectivity index (χ0n) is 15.2. The largest absolute Gasteiger partial charge is 0.465 e. The van der Waals surface area contributed by atoms with Gasteiger partial charge < -0.3 is 9.30 Å². The number of esters is 1. The molecule has 0 N–H and O–H groups in total. The predicted octanol–water partition coefficient (Wildman–Crippen LogP) is 2.67. The summed E-state index contributed by atoms with van der Waals surface area (Å²) in [5.74, 6) is -1.38. The number of benzene rings is 1. The van der Waals surface area contributed by atoms with Crippen LogP contribution in [0.1, 0.15) is 30.0 Å². The van der Waals surface area contributed by atoms with Gasteiger partial charge in [-0.15, -0.1) is 0 Å². The maximum Gasteiger partial charge on any atom is 0.326 e. The first-order valence-electron chi connectivity index (χ1n) is 8.51. The van der Waals surface area contributed by atoms with Crippen LogP contribution in [0.5, 0.6) is 0 Å². The molecule has 0 aliphatic heterocycles. The SMILES string of the molecule is CCOC(=O)Cn1c(=NC(=O)c2cc(C)n(CC)n2)sc2cc(F)ccc21. The highest BCUT2D eigenvalue weighted by molar-refractivity contribution is 7.16. The number of carbonyl (C=O) groups excluding carboxylic acids is 2. The fraction of sp³-hybridized carbons (Fsp3) is 0.333. The fourth-order valence-electron chi connectivity index (χ4n) is 2.70. The summed E-state index contributed by atoms with van der Waals surface area (Å²) < 4.78 is 22.4. The van der Waals surface area contributed by atoms with Gasteiger partial charge in [-0.25, -0.2) is 4.39 Å². The second kappa shape index (κ2) is 7.83. The molecule has 0 aliphatic carbocycles. The normalized spacial score (nSPS) is 11.9. The second-order valence-corrected chi connectivity index (χ2v) is 6.80. The van der Waals surface area contributed by atoms with Crippen molar-refractivity contribution in [3.8, 4) is 0 Å². The third-order valence-corrected chi connectivity index (χ3v) is 4.98. The van der Waals surface area contributed by atoms with Crippen LogP contribution in [0.4, 0.5) is 4.39 Å². The molecule has 7 nitrogen and oxygen atoms in total. The van der Waals surface area contributed by atoms with Gasteiger partial charge in [0.2, 0.25) is 0 Å². The number of nitrogens with zero attached hydrogens (tertiary/aromatic N) is 4. The first-order chi connectivity index (χ1) is 12.9. The lowest BCUT2D eigenvalue weighted by Crippen LogP contribution is -2.23. The molecule has 1 amide bonds. The minimum Gasteiger partial charge on any atom is -0.465 e. The van der Waals surface area contributed by atoms with Crippen LogP contribution in [0.15, 0.2) is 29.3 Å². The van der Waals surface area contributed by atoms with Gasteiger partial charge in [0.05, 0.1) is 16.8 Å². The lowest BCUT2D eigenvalue weighted by molar-refractivity contribution is -0.143. The first-order valence-corrected chi connectivity index (χ1v) is 9.32. The van der Waals surface area contributed by atoms with Gasteiger partial charge in [0, 0.05) is 12.2 Å². The van der Waals surface area contributed by atoms with Crippen molar-refractivity contribution >= 4 is 33.4 Å². The standard InChI is InChI=1S/C18H19FN4O3S/c1-4-23-11(3)8-13(21-23)17(25)20-18-22(10-16(24)26-5-2)14-7-6-12(19)9-15(14)27-18/h6-9H,4-5,10H2,1-3H3. The molecule has 142 valence electrons. The maximum atomic E-state index is 13.6. The average Bonchev–Trinajstić information content (AvgIpc) is 3.15. The number of ether oxygens (including phenoxy) is 1. The third-order valence-electron chi connectivity index (χ3n) is 3.93. The van der Waals surface area contributed by atoms with E-state index in [9.17, 15) is 14.0 Å². The number of aryl methyl sites for hydroxylation is 2. The monoisotopic (exact) mass is 390 g/mol. The molecule has 2 aromatic heterocycles. The second-order valence-electron chi connectivity index (χ2n) is 5.79. The Morgan fingerprint density at radius 1 is 1.30 bits per heavy atom. The first kappa shape index (κ1) is 19.0. The molecule has 0 aliphatic rings. The Balaban J connectivity index is 2.09. The van der Waals surface area contributed by atoms with E-state index in [0.717, 1.165) is 17.0 Å². The van der Waals surface area contributed by atoms with Gasteiger partial charge in [0.15, 0.2) is 10.5 Å². The third kappa shape index (κ3) is 3.97. The van der Waals surface area contributed by atoms with Crippen molar-refractivity contribution in [2.75, 3.05) is 6.61 Å². The Hall–Kier alpha value is -2.81. The molecule has 0 radical (unpaired) electrons. The number of amides is 1. The molecular formula is C18H19FN4O3S. The highest BCUT2D eigenvalue weighted by Crippen LogP contribution is 2.19. The van der Waals surface area contributed by atoms with Gasteiger partial charge in [-0.1, -0.05) is 11.3 Å². The van der Waals surface area contributed by atoms with Crippen molar-refractivity contribution in [3.63, 3.8) is 0 Å². The van der Waals surface area contributed by atoms with Crippen molar-refractivity contribution in [1.29, 1.82) is 0 Å². The summed E-state index contributed by atoms with van der Waals surface area (Å²) in [6.07, 6.45) is 0. The summed E-state index contributed by atoms with van der Waals surface area (Å²) in [5, 5.41) is 4.23. The number of halogens is 1. The summed E-state index contributed by atoms with van der Waals surface area (Å²) in [6, 6.07) is 5.87. The lowest BCUT2D eigenvalue weighted by Gasteiger charge is -2.04. The molecule has 0 fully saturated rings. The summed E-state index contributed by atoms with van der Waals surface area (Å²) in [6.45, 7) is 6.27. The summed E-state index contributed by atoms with van der Waals surface area (Å²) >= 11 is 1.13. The molecular weight excluding hydrogens is 371 g/mol. The Labute approximate surface area is 158 Å². The lowest BCUT2D eigenvalue weighted by atomic mass is 10.3. The fourth-order valence-corrected chi connectivity index (χ4v) is 3.75. The van der Waals surface area contributed by atoms with Crippen LogP contribution in [0.3, 0.4) is 0 Å². The molecule has 27 heavy (non-hydrogen) atoms. The molecule has 0 unspecified atom stereocenters. The molecule has 0 bridgehead atoms. The number of thiazole rings is 1. The van der Waals surface area contributed by atoms with Gasteiger partial charge in [0.1, 0.15) is 12.4 Å². The van der Waals surface area contributed by atoms with E-state index < -0.39 is 17.7 Å². The maximum absolute atomic E-state index is 13.6. The average molecular weight is 390 g/mol. The van der Waals surface area contributed by atoms with Crippen LogP contribution in [0, 0.1) is 12.7 Å². The van der Waals surface area contributed by atoms with E-state index >= 15 is 0 Å². The van der Waals surface area contributed by atoms with Gasteiger partial charge in [0.25, 0.3) is 5.91 Å². The Morgan fingerprint density at radius 2 is 2.07 bits per heavy atom. The number of rotatable bonds is 5. The molecule has 3 aromatic rings. The Morgan fingerprint density at radius 3 is 2.74 bits per heavy atom.